The van der Waals surface area contributed by atoms with Crippen molar-refractivity contribution in [1.29, 1.82) is 0 Å². The number of hydrogen-bond acceptors (Lipinski definition) is 6. The second-order valence-electron chi connectivity index (χ2n) is 4.57. The number of nitrogens with zero attached hydrogens (tertiary/aromatic N) is 1. The molecule has 2 atom stereocenters. The van der Waals surface area contributed by atoms with Crippen LogP contribution in [0.5, 0.6) is 0 Å². The van der Waals surface area contributed by atoms with E-state index in [2.05, 4.69) is 10.2 Å². The summed E-state index contributed by atoms with van der Waals surface area (Å²) in [7, 11) is 0. The van der Waals surface area contributed by atoms with Crippen LogP contribution in [0, 0.1) is 0 Å². The number of carbonyl (C=O) groups is 1. The lowest BCUT2D eigenvalue weighted by atomic mass is 10.00. The van der Waals surface area contributed by atoms with Gasteiger partial charge in [-0.3, -0.25) is 9.59 Å². The number of ether oxygens (including phenoxy) is 1. The highest BCUT2D eigenvalue weighted by atomic mass is 16.5. The van der Waals surface area contributed by atoms with E-state index in [1.165, 1.54) is 18.3 Å². The highest BCUT2D eigenvalue weighted by Gasteiger charge is 2.22. The molecule has 0 saturated heterocycles. The normalized spacial score (nSPS) is 13.9. The Balaban J connectivity index is 2.21. The Hall–Kier alpha value is -2.25. The van der Waals surface area contributed by atoms with Crippen LogP contribution in [0.3, 0.4) is 0 Å². The van der Waals surface area contributed by atoms with Crippen molar-refractivity contribution in [2.24, 2.45) is 0 Å². The SMILES string of the molecule is CCOC(=O)CC(O)C(O)c1ccc2c(=O)[nH]ncc2c1. The number of rotatable bonds is 5. The molecule has 21 heavy (non-hydrogen) atoms. The number of carbonyl (C=O) groups excluding carboxylic acids is 1. The van der Waals surface area contributed by atoms with Crippen LogP contribution < -0.4 is 5.56 Å². The molecule has 0 bridgehead atoms. The molecule has 0 aliphatic heterocycles. The maximum absolute atomic E-state index is 11.5. The zero-order valence-electron chi connectivity index (χ0n) is 11.4. The van der Waals surface area contributed by atoms with Crippen molar-refractivity contribution >= 4 is 16.7 Å². The third kappa shape index (κ3) is 3.45. The number of aromatic amines is 1. The molecule has 0 spiro atoms. The Morgan fingerprint density at radius 2 is 2.19 bits per heavy atom. The van der Waals surface area contributed by atoms with Gasteiger partial charge >= 0.3 is 5.97 Å². The predicted molar refractivity (Wildman–Crippen MR) is 74.6 cm³/mol. The van der Waals surface area contributed by atoms with E-state index in [1.807, 2.05) is 0 Å². The van der Waals surface area contributed by atoms with Crippen LogP contribution in [0.2, 0.25) is 0 Å². The fourth-order valence-corrected chi connectivity index (χ4v) is 2.02. The molecule has 0 fully saturated rings. The van der Waals surface area contributed by atoms with Crippen LogP contribution in [-0.2, 0) is 9.53 Å². The molecule has 7 heteroatoms. The standard InChI is InChI=1S/C14H16N2O5/c1-2-21-12(18)6-11(17)13(19)8-3-4-10-9(5-8)7-15-16-14(10)20/h3-5,7,11,13,17,19H,2,6H2,1H3,(H,16,20). The summed E-state index contributed by atoms with van der Waals surface area (Å²) in [5.41, 5.74) is 0.0623. The van der Waals surface area contributed by atoms with Gasteiger partial charge in [-0.05, 0) is 24.6 Å². The van der Waals surface area contributed by atoms with E-state index in [1.54, 1.807) is 13.0 Å². The molecular weight excluding hydrogens is 276 g/mol. The van der Waals surface area contributed by atoms with Crippen molar-refractivity contribution < 1.29 is 19.7 Å². The summed E-state index contributed by atoms with van der Waals surface area (Å²) in [6.07, 6.45) is -1.39. The molecule has 2 unspecified atom stereocenters. The first-order valence-electron chi connectivity index (χ1n) is 6.52. The van der Waals surface area contributed by atoms with Gasteiger partial charge in [0, 0.05) is 5.39 Å². The van der Waals surface area contributed by atoms with Crippen LogP contribution in [0.15, 0.2) is 29.2 Å². The lowest BCUT2D eigenvalue weighted by Crippen LogP contribution is -2.23. The van der Waals surface area contributed by atoms with Gasteiger partial charge in [0.15, 0.2) is 0 Å². The molecule has 1 heterocycles. The molecule has 1 aromatic carbocycles. The van der Waals surface area contributed by atoms with Crippen molar-refractivity contribution in [2.45, 2.75) is 25.6 Å². The molecule has 3 N–H and O–H groups in total. The lowest BCUT2D eigenvalue weighted by molar-refractivity contribution is -0.147. The first-order valence-corrected chi connectivity index (χ1v) is 6.52. The lowest BCUT2D eigenvalue weighted by Gasteiger charge is -2.17. The summed E-state index contributed by atoms with van der Waals surface area (Å²) < 4.78 is 4.72. The van der Waals surface area contributed by atoms with E-state index in [0.29, 0.717) is 16.3 Å². The zero-order valence-corrected chi connectivity index (χ0v) is 11.4. The molecule has 7 nitrogen and oxygen atoms in total. The van der Waals surface area contributed by atoms with Gasteiger partial charge in [-0.15, -0.1) is 0 Å². The Kier molecular flexibility index (Phi) is 4.66. The van der Waals surface area contributed by atoms with E-state index in [-0.39, 0.29) is 18.6 Å². The van der Waals surface area contributed by atoms with Gasteiger partial charge in [-0.25, -0.2) is 5.10 Å². The maximum atomic E-state index is 11.5. The number of fused-ring (bicyclic) bond motifs is 1. The number of nitrogens with one attached hydrogen (secondary N) is 1. The zero-order chi connectivity index (χ0) is 15.4. The van der Waals surface area contributed by atoms with Crippen molar-refractivity contribution in [1.82, 2.24) is 10.2 Å². The summed E-state index contributed by atoms with van der Waals surface area (Å²) in [6, 6.07) is 4.61. The molecule has 0 aliphatic carbocycles. The molecular formula is C14H16N2O5. The summed E-state index contributed by atoms with van der Waals surface area (Å²) in [4.78, 5) is 22.8. The molecule has 112 valence electrons. The highest BCUT2D eigenvalue weighted by molar-refractivity contribution is 5.81. The van der Waals surface area contributed by atoms with Gasteiger partial charge in [0.25, 0.3) is 5.56 Å². The van der Waals surface area contributed by atoms with Crippen molar-refractivity contribution in [3.63, 3.8) is 0 Å². The van der Waals surface area contributed by atoms with Gasteiger partial charge in [0.1, 0.15) is 6.10 Å². The fourth-order valence-electron chi connectivity index (χ4n) is 2.02. The smallest absolute Gasteiger partial charge is 0.308 e. The Labute approximate surface area is 120 Å². The minimum Gasteiger partial charge on any atom is -0.466 e. The number of aromatic nitrogens is 2. The van der Waals surface area contributed by atoms with Gasteiger partial charge < -0.3 is 14.9 Å². The summed E-state index contributed by atoms with van der Waals surface area (Å²) >= 11 is 0. The van der Waals surface area contributed by atoms with Crippen molar-refractivity contribution in [3.05, 3.63) is 40.3 Å². The summed E-state index contributed by atoms with van der Waals surface area (Å²) in [5.74, 6) is -0.581. The average Bonchev–Trinajstić information content (AvgIpc) is 2.46. The number of esters is 1. The number of hydrogen-bond donors (Lipinski definition) is 3. The fraction of sp³-hybridized carbons (Fsp3) is 0.357. The topological polar surface area (TPSA) is 113 Å². The minimum atomic E-state index is -1.28. The van der Waals surface area contributed by atoms with Crippen LogP contribution >= 0.6 is 0 Å². The van der Waals surface area contributed by atoms with E-state index < -0.39 is 18.2 Å². The number of benzene rings is 1. The summed E-state index contributed by atoms with van der Waals surface area (Å²) in [5, 5.41) is 26.9. The van der Waals surface area contributed by atoms with Crippen LogP contribution in [-0.4, -0.2) is 39.1 Å². The largest absolute Gasteiger partial charge is 0.466 e. The number of H-pyrrole nitrogens is 1. The highest BCUT2D eigenvalue weighted by Crippen LogP contribution is 2.22. The number of aliphatic hydroxyl groups excluding tert-OH is 2. The second-order valence-corrected chi connectivity index (χ2v) is 4.57. The maximum Gasteiger partial charge on any atom is 0.308 e. The Bertz CT molecular complexity index is 697. The van der Waals surface area contributed by atoms with Crippen molar-refractivity contribution in [2.75, 3.05) is 6.61 Å². The third-order valence-electron chi connectivity index (χ3n) is 3.08. The van der Waals surface area contributed by atoms with Crippen LogP contribution in [0.4, 0.5) is 0 Å². The number of aliphatic hydroxyl groups is 2. The molecule has 0 aliphatic rings. The van der Waals surface area contributed by atoms with Gasteiger partial charge in [-0.2, -0.15) is 5.10 Å². The van der Waals surface area contributed by atoms with Crippen LogP contribution in [0.25, 0.3) is 10.8 Å². The predicted octanol–water partition coefficient (Wildman–Crippen LogP) is 0.271. The van der Waals surface area contributed by atoms with Crippen molar-refractivity contribution in [3.8, 4) is 0 Å². The Morgan fingerprint density at radius 1 is 1.43 bits per heavy atom. The third-order valence-corrected chi connectivity index (χ3v) is 3.08. The molecule has 0 amide bonds. The van der Waals surface area contributed by atoms with Crippen LogP contribution in [0.1, 0.15) is 25.0 Å². The van der Waals surface area contributed by atoms with E-state index in [4.69, 9.17) is 4.74 Å². The average molecular weight is 292 g/mol. The van der Waals surface area contributed by atoms with E-state index >= 15 is 0 Å². The molecule has 2 rings (SSSR count). The molecule has 1 aromatic heterocycles. The van der Waals surface area contributed by atoms with E-state index in [9.17, 15) is 19.8 Å². The first-order chi connectivity index (χ1) is 10.0. The monoisotopic (exact) mass is 292 g/mol. The molecule has 0 saturated carbocycles. The Morgan fingerprint density at radius 3 is 2.90 bits per heavy atom. The minimum absolute atomic E-state index is 0.214. The van der Waals surface area contributed by atoms with Gasteiger partial charge in [0.05, 0.1) is 30.7 Å². The molecule has 2 aromatic rings. The van der Waals surface area contributed by atoms with E-state index in [0.717, 1.165) is 0 Å². The molecule has 0 radical (unpaired) electrons. The van der Waals surface area contributed by atoms with Gasteiger partial charge in [0.2, 0.25) is 0 Å². The van der Waals surface area contributed by atoms with Gasteiger partial charge in [-0.1, -0.05) is 6.07 Å². The second kappa shape index (κ2) is 6.47. The summed E-state index contributed by atoms with van der Waals surface area (Å²) in [6.45, 7) is 1.88. The quantitative estimate of drug-likeness (QED) is 0.682. The first kappa shape index (κ1) is 15.1.